The number of rotatable bonds is 6. The van der Waals surface area contributed by atoms with Crippen LogP contribution in [0.3, 0.4) is 0 Å². The van der Waals surface area contributed by atoms with Gasteiger partial charge in [0.15, 0.2) is 0 Å². The first-order chi connectivity index (χ1) is 7.67. The molecule has 2 nitrogen and oxygen atoms in total. The molecule has 0 aromatic heterocycles. The van der Waals surface area contributed by atoms with Crippen LogP contribution >= 0.6 is 11.6 Å². The summed E-state index contributed by atoms with van der Waals surface area (Å²) in [5.41, 5.74) is 1.21. The number of benzene rings is 1. The third-order valence-electron chi connectivity index (χ3n) is 2.44. The van der Waals surface area contributed by atoms with Crippen LogP contribution in [0.4, 0.5) is 0 Å². The summed E-state index contributed by atoms with van der Waals surface area (Å²) in [6.07, 6.45) is 0.997. The van der Waals surface area contributed by atoms with E-state index in [1.54, 1.807) is 7.11 Å². The van der Waals surface area contributed by atoms with Gasteiger partial charge in [0.1, 0.15) is 5.75 Å². The highest BCUT2D eigenvalue weighted by Crippen LogP contribution is 2.21. The average Bonchev–Trinajstić information content (AvgIpc) is 2.30. The standard InChI is InChI=1S/C13H18ClNO/c1-4-13(15-9-10(2)14)11-6-5-7-12(8-11)16-3/h5-8,13,15H,2,4,9H2,1,3H3. The second-order valence-corrected chi connectivity index (χ2v) is 4.17. The van der Waals surface area contributed by atoms with Gasteiger partial charge in [-0.1, -0.05) is 37.2 Å². The largest absolute Gasteiger partial charge is 0.497 e. The van der Waals surface area contributed by atoms with Crippen molar-refractivity contribution in [2.24, 2.45) is 0 Å². The predicted molar refractivity (Wildman–Crippen MR) is 69.0 cm³/mol. The van der Waals surface area contributed by atoms with Crippen LogP contribution in [0.5, 0.6) is 5.75 Å². The molecule has 0 aliphatic heterocycles. The van der Waals surface area contributed by atoms with Gasteiger partial charge in [0.2, 0.25) is 0 Å². The van der Waals surface area contributed by atoms with E-state index in [2.05, 4.69) is 24.9 Å². The van der Waals surface area contributed by atoms with Gasteiger partial charge in [0, 0.05) is 17.6 Å². The third-order valence-corrected chi connectivity index (χ3v) is 2.58. The molecular formula is C13H18ClNO. The zero-order valence-electron chi connectivity index (χ0n) is 9.79. The summed E-state index contributed by atoms with van der Waals surface area (Å²) < 4.78 is 5.20. The fourth-order valence-electron chi connectivity index (χ4n) is 1.59. The summed E-state index contributed by atoms with van der Waals surface area (Å²) in [4.78, 5) is 0. The summed E-state index contributed by atoms with van der Waals surface area (Å²) in [5.74, 6) is 0.877. The molecule has 0 fully saturated rings. The number of ether oxygens (including phenoxy) is 1. The molecule has 0 spiro atoms. The Morgan fingerprint density at radius 3 is 2.88 bits per heavy atom. The lowest BCUT2D eigenvalue weighted by Crippen LogP contribution is -2.21. The Labute approximate surface area is 102 Å². The van der Waals surface area contributed by atoms with Crippen molar-refractivity contribution >= 4 is 11.6 Å². The Kier molecular flexibility index (Phi) is 5.36. The summed E-state index contributed by atoms with van der Waals surface area (Å²) in [6, 6.07) is 8.34. The monoisotopic (exact) mass is 239 g/mol. The van der Waals surface area contributed by atoms with Crippen molar-refractivity contribution in [3.8, 4) is 5.75 Å². The molecule has 0 bridgehead atoms. The molecule has 0 aliphatic carbocycles. The van der Waals surface area contributed by atoms with E-state index in [0.717, 1.165) is 12.2 Å². The molecule has 0 heterocycles. The summed E-state index contributed by atoms with van der Waals surface area (Å²) in [6.45, 7) is 6.42. The minimum absolute atomic E-state index is 0.283. The highest BCUT2D eigenvalue weighted by atomic mass is 35.5. The quantitative estimate of drug-likeness (QED) is 0.821. The topological polar surface area (TPSA) is 21.3 Å². The Morgan fingerprint density at radius 2 is 2.31 bits per heavy atom. The van der Waals surface area contributed by atoms with Crippen LogP contribution in [-0.4, -0.2) is 13.7 Å². The summed E-state index contributed by atoms with van der Waals surface area (Å²) in [7, 11) is 1.67. The normalized spacial score (nSPS) is 12.2. The molecule has 1 unspecified atom stereocenters. The molecule has 0 aliphatic rings. The van der Waals surface area contributed by atoms with Gasteiger partial charge in [-0.25, -0.2) is 0 Å². The lowest BCUT2D eigenvalue weighted by molar-refractivity contribution is 0.413. The maximum atomic E-state index is 5.74. The Bertz CT molecular complexity index is 352. The van der Waals surface area contributed by atoms with E-state index in [1.807, 2.05) is 18.2 Å². The highest BCUT2D eigenvalue weighted by Gasteiger charge is 2.09. The fraction of sp³-hybridized carbons (Fsp3) is 0.385. The van der Waals surface area contributed by atoms with Crippen LogP contribution < -0.4 is 10.1 Å². The van der Waals surface area contributed by atoms with E-state index >= 15 is 0 Å². The molecule has 0 radical (unpaired) electrons. The van der Waals surface area contributed by atoms with Gasteiger partial charge in [0.25, 0.3) is 0 Å². The fourth-order valence-corrected chi connectivity index (χ4v) is 1.67. The molecule has 3 heteroatoms. The first-order valence-corrected chi connectivity index (χ1v) is 5.75. The minimum Gasteiger partial charge on any atom is -0.497 e. The minimum atomic E-state index is 0.283. The van der Waals surface area contributed by atoms with Crippen LogP contribution in [0.2, 0.25) is 0 Å². The molecule has 16 heavy (non-hydrogen) atoms. The first-order valence-electron chi connectivity index (χ1n) is 5.38. The van der Waals surface area contributed by atoms with E-state index < -0.39 is 0 Å². The van der Waals surface area contributed by atoms with Crippen molar-refractivity contribution in [2.45, 2.75) is 19.4 Å². The van der Waals surface area contributed by atoms with Crippen molar-refractivity contribution in [2.75, 3.05) is 13.7 Å². The molecule has 1 atom stereocenters. The molecule has 0 saturated heterocycles. The zero-order valence-corrected chi connectivity index (χ0v) is 10.6. The molecule has 0 saturated carbocycles. The summed E-state index contributed by atoms with van der Waals surface area (Å²) >= 11 is 5.74. The van der Waals surface area contributed by atoms with Crippen molar-refractivity contribution < 1.29 is 4.74 Å². The van der Waals surface area contributed by atoms with Crippen molar-refractivity contribution in [1.29, 1.82) is 0 Å². The van der Waals surface area contributed by atoms with Crippen molar-refractivity contribution in [3.05, 3.63) is 41.4 Å². The van der Waals surface area contributed by atoms with Gasteiger partial charge in [-0.3, -0.25) is 0 Å². The highest BCUT2D eigenvalue weighted by molar-refractivity contribution is 6.29. The van der Waals surface area contributed by atoms with Crippen molar-refractivity contribution in [1.82, 2.24) is 5.32 Å². The third kappa shape index (κ3) is 3.87. The van der Waals surface area contributed by atoms with E-state index in [1.165, 1.54) is 5.56 Å². The van der Waals surface area contributed by atoms with E-state index in [-0.39, 0.29) is 6.04 Å². The molecule has 1 aromatic carbocycles. The second kappa shape index (κ2) is 6.56. The van der Waals surface area contributed by atoms with E-state index in [0.29, 0.717) is 11.6 Å². The number of halogens is 1. The maximum Gasteiger partial charge on any atom is 0.119 e. The Balaban J connectivity index is 2.73. The first kappa shape index (κ1) is 13.1. The van der Waals surface area contributed by atoms with E-state index in [9.17, 15) is 0 Å². The smallest absolute Gasteiger partial charge is 0.119 e. The summed E-state index contributed by atoms with van der Waals surface area (Å²) in [5, 5.41) is 3.98. The van der Waals surface area contributed by atoms with Gasteiger partial charge in [-0.15, -0.1) is 0 Å². The number of hydrogen-bond donors (Lipinski definition) is 1. The lowest BCUT2D eigenvalue weighted by Gasteiger charge is -2.17. The van der Waals surface area contributed by atoms with Crippen LogP contribution in [0, 0.1) is 0 Å². The van der Waals surface area contributed by atoms with Gasteiger partial charge < -0.3 is 10.1 Å². The Hall–Kier alpha value is -0.990. The SMILES string of the molecule is C=C(Cl)CNC(CC)c1cccc(OC)c1. The molecule has 1 rings (SSSR count). The molecule has 1 N–H and O–H groups in total. The molecule has 1 aromatic rings. The molecule has 88 valence electrons. The van der Waals surface area contributed by atoms with Gasteiger partial charge in [-0.2, -0.15) is 0 Å². The molecule has 0 amide bonds. The number of nitrogens with one attached hydrogen (secondary N) is 1. The zero-order chi connectivity index (χ0) is 12.0. The number of methoxy groups -OCH3 is 1. The van der Waals surface area contributed by atoms with Gasteiger partial charge in [0.05, 0.1) is 7.11 Å². The van der Waals surface area contributed by atoms with E-state index in [4.69, 9.17) is 16.3 Å². The Morgan fingerprint density at radius 1 is 1.56 bits per heavy atom. The van der Waals surface area contributed by atoms with Crippen molar-refractivity contribution in [3.63, 3.8) is 0 Å². The second-order valence-electron chi connectivity index (χ2n) is 3.64. The van der Waals surface area contributed by atoms with Crippen LogP contribution in [0.25, 0.3) is 0 Å². The lowest BCUT2D eigenvalue weighted by atomic mass is 10.0. The van der Waals surface area contributed by atoms with Crippen LogP contribution in [0.1, 0.15) is 24.9 Å². The van der Waals surface area contributed by atoms with Crippen LogP contribution in [0.15, 0.2) is 35.9 Å². The van der Waals surface area contributed by atoms with Gasteiger partial charge in [-0.05, 0) is 24.1 Å². The predicted octanol–water partition coefficient (Wildman–Crippen LogP) is 3.49. The maximum absolute atomic E-state index is 5.74. The molecular weight excluding hydrogens is 222 g/mol. The number of hydrogen-bond acceptors (Lipinski definition) is 2. The van der Waals surface area contributed by atoms with Gasteiger partial charge >= 0.3 is 0 Å². The van der Waals surface area contributed by atoms with Crippen LogP contribution in [-0.2, 0) is 0 Å². The average molecular weight is 240 g/mol.